The summed E-state index contributed by atoms with van der Waals surface area (Å²) in [5, 5.41) is 0. The Morgan fingerprint density at radius 3 is 2.95 bits per heavy atom. The molecule has 2 aliphatic rings. The fourth-order valence-electron chi connectivity index (χ4n) is 4.58. The highest BCUT2D eigenvalue weighted by Crippen LogP contribution is 2.58. The molecular weight excluding hydrogens is 611 g/mol. The zero-order chi connectivity index (χ0) is 28.2. The van der Waals surface area contributed by atoms with Crippen LogP contribution in [0, 0.1) is 6.92 Å². The third-order valence-corrected chi connectivity index (χ3v) is 9.53. The lowest BCUT2D eigenvalue weighted by Crippen LogP contribution is -2.31. The van der Waals surface area contributed by atoms with Crippen molar-refractivity contribution in [2.24, 2.45) is 0 Å². The van der Waals surface area contributed by atoms with Crippen molar-refractivity contribution in [3.05, 3.63) is 46.8 Å². The van der Waals surface area contributed by atoms with Crippen LogP contribution in [0.3, 0.4) is 0 Å². The van der Waals surface area contributed by atoms with Crippen LogP contribution in [0.25, 0.3) is 22.2 Å². The topological polar surface area (TPSA) is 178 Å². The number of nitrogens with one attached hydrogen (secondary N) is 1. The van der Waals surface area contributed by atoms with E-state index in [-0.39, 0.29) is 31.1 Å². The molecule has 214 valence electrons. The van der Waals surface area contributed by atoms with E-state index in [0.29, 0.717) is 22.4 Å². The smallest absolute Gasteiger partial charge is 0.346 e. The minimum Gasteiger partial charge on any atom is -0.346 e. The molecule has 0 radical (unpaired) electrons. The van der Waals surface area contributed by atoms with Gasteiger partial charge in [0.1, 0.15) is 36.5 Å². The zero-order valence-corrected chi connectivity index (χ0v) is 24.1. The van der Waals surface area contributed by atoms with E-state index in [1.54, 1.807) is 17.6 Å². The van der Waals surface area contributed by atoms with Crippen LogP contribution in [0.5, 0.6) is 0 Å². The molecule has 4 aromatic heterocycles. The average molecular weight is 634 g/mol. The Morgan fingerprint density at radius 1 is 1.30 bits per heavy atom. The minimum absolute atomic E-state index is 0.0803. The van der Waals surface area contributed by atoms with Crippen molar-refractivity contribution < 1.29 is 36.7 Å². The standard InChI is InChI=1S/C20H22FN7O8P2S2/c1-10-4-12-16(19(29)25-10)24-9-28(12)20-17-15(21)13(35-20)6-33-37(30,39)32-3-2-27-14(7-34-38(31,40)36-17)26-11-5-22-8-23-18(11)27/h4-5,8-9,13,15,17,20H,2-3,6-7H2,1H3,(H,25,29)(H,30,39)(H,31,40)/t13-,15-,17-,20-,37?,38?/m1/s1. The number of hydrogen-bond donors (Lipinski definition) is 3. The number of aromatic nitrogens is 7. The van der Waals surface area contributed by atoms with Crippen LogP contribution < -0.4 is 5.56 Å². The van der Waals surface area contributed by atoms with Crippen molar-refractivity contribution in [1.82, 2.24) is 34.1 Å². The van der Waals surface area contributed by atoms with Crippen LogP contribution in [0.1, 0.15) is 17.7 Å². The summed E-state index contributed by atoms with van der Waals surface area (Å²) >= 11 is 9.19. The summed E-state index contributed by atoms with van der Waals surface area (Å²) in [5.41, 5.74) is 1.32. The highest BCUT2D eigenvalue weighted by molar-refractivity contribution is 8.44. The number of alkyl halides is 1. The Kier molecular flexibility index (Phi) is 7.44. The molecule has 15 nitrogen and oxygen atoms in total. The maximum absolute atomic E-state index is 15.8. The van der Waals surface area contributed by atoms with Crippen molar-refractivity contribution in [3.63, 3.8) is 0 Å². The number of H-pyrrole nitrogens is 1. The molecule has 0 spiro atoms. The lowest BCUT2D eigenvalue weighted by Gasteiger charge is -2.24. The van der Waals surface area contributed by atoms with E-state index >= 15 is 4.39 Å². The fraction of sp³-hybridized carbons (Fsp3) is 0.450. The van der Waals surface area contributed by atoms with E-state index < -0.39 is 50.3 Å². The molecule has 40 heavy (non-hydrogen) atoms. The molecule has 1 saturated heterocycles. The number of halogens is 1. The molecule has 1 fully saturated rings. The highest BCUT2D eigenvalue weighted by atomic mass is 32.7. The monoisotopic (exact) mass is 633 g/mol. The van der Waals surface area contributed by atoms with Gasteiger partial charge < -0.3 is 32.8 Å². The molecule has 20 heteroatoms. The second-order valence-corrected chi connectivity index (χ2v) is 14.7. The van der Waals surface area contributed by atoms with Gasteiger partial charge in [0.15, 0.2) is 23.6 Å². The van der Waals surface area contributed by atoms with Crippen molar-refractivity contribution >= 4 is 59.8 Å². The molecule has 2 bridgehead atoms. The molecule has 0 aliphatic carbocycles. The Labute approximate surface area is 234 Å². The van der Waals surface area contributed by atoms with E-state index in [2.05, 4.69) is 37.2 Å². The van der Waals surface area contributed by atoms with Crippen LogP contribution >= 0.6 is 25.8 Å². The molecule has 0 saturated carbocycles. The SMILES string of the molecule is Cc1cc2c(ncn2[C@@H]2O[C@@H]3COP(O)(=S)OCCn4c(nc5cncnc54)COP(=O)(S)O[C@@H]2[C@@H]3F)c(=O)[nH]1. The van der Waals surface area contributed by atoms with Crippen LogP contribution in [0.15, 0.2) is 29.7 Å². The van der Waals surface area contributed by atoms with Gasteiger partial charge in [-0.2, -0.15) is 0 Å². The molecule has 4 aromatic rings. The lowest BCUT2D eigenvalue weighted by atomic mass is 10.1. The van der Waals surface area contributed by atoms with Gasteiger partial charge in [-0.05, 0) is 24.8 Å². The number of pyridine rings is 1. The molecule has 0 amide bonds. The van der Waals surface area contributed by atoms with Crippen molar-refractivity contribution in [2.75, 3.05) is 13.2 Å². The maximum Gasteiger partial charge on any atom is 0.387 e. The van der Waals surface area contributed by atoms with Gasteiger partial charge in [0.05, 0.1) is 31.3 Å². The molecule has 6 heterocycles. The van der Waals surface area contributed by atoms with Crippen LogP contribution in [0.2, 0.25) is 0 Å². The molecule has 2 unspecified atom stereocenters. The third-order valence-electron chi connectivity index (χ3n) is 6.32. The first kappa shape index (κ1) is 28.0. The van der Waals surface area contributed by atoms with E-state index in [1.165, 1.54) is 23.4 Å². The average Bonchev–Trinajstić information content (AvgIpc) is 3.55. The molecule has 2 aliphatic heterocycles. The van der Waals surface area contributed by atoms with Gasteiger partial charge in [-0.15, -0.1) is 0 Å². The number of hydrogen-bond acceptors (Lipinski definition) is 12. The van der Waals surface area contributed by atoms with Crippen LogP contribution in [-0.2, 0) is 52.4 Å². The van der Waals surface area contributed by atoms with Crippen LogP contribution in [-0.4, -0.2) is 70.5 Å². The Bertz CT molecular complexity index is 1750. The van der Waals surface area contributed by atoms with Gasteiger partial charge in [-0.3, -0.25) is 13.8 Å². The van der Waals surface area contributed by atoms with E-state index in [4.69, 9.17) is 34.6 Å². The zero-order valence-electron chi connectivity index (χ0n) is 20.6. The first-order chi connectivity index (χ1) is 19.0. The summed E-state index contributed by atoms with van der Waals surface area (Å²) in [5.74, 6) is 0.267. The van der Waals surface area contributed by atoms with E-state index in [0.717, 1.165) is 0 Å². The summed E-state index contributed by atoms with van der Waals surface area (Å²) < 4.78 is 60.1. The largest absolute Gasteiger partial charge is 0.387 e. The van der Waals surface area contributed by atoms with Gasteiger partial charge in [0, 0.05) is 12.2 Å². The first-order valence-electron chi connectivity index (χ1n) is 11.8. The van der Waals surface area contributed by atoms with Crippen molar-refractivity contribution in [2.45, 2.75) is 44.7 Å². The second-order valence-electron chi connectivity index (χ2n) is 9.00. The summed E-state index contributed by atoms with van der Waals surface area (Å²) in [6.45, 7) is -7.28. The molecule has 6 atom stereocenters. The lowest BCUT2D eigenvalue weighted by molar-refractivity contribution is -0.0451. The second kappa shape index (κ2) is 10.6. The first-order valence-corrected chi connectivity index (χ1v) is 17.1. The molecule has 0 aromatic carbocycles. The molecule has 6 rings (SSSR count). The number of aromatic amines is 1. The van der Waals surface area contributed by atoms with Crippen LogP contribution in [0.4, 0.5) is 4.39 Å². The highest BCUT2D eigenvalue weighted by Gasteiger charge is 2.50. The summed E-state index contributed by atoms with van der Waals surface area (Å²) in [6.07, 6.45) is -2.02. The van der Waals surface area contributed by atoms with Gasteiger partial charge >= 0.3 is 13.5 Å². The van der Waals surface area contributed by atoms with Crippen molar-refractivity contribution in [1.29, 1.82) is 0 Å². The Balaban J connectivity index is 1.38. The number of nitrogens with zero attached hydrogens (tertiary/aromatic N) is 6. The number of imidazole rings is 2. The van der Waals surface area contributed by atoms with Gasteiger partial charge in [-0.1, -0.05) is 12.2 Å². The fourth-order valence-corrected chi connectivity index (χ4v) is 7.08. The van der Waals surface area contributed by atoms with E-state index in [9.17, 15) is 14.3 Å². The number of fused-ring (bicyclic) bond motifs is 6. The number of thiol groups is 1. The Hall–Kier alpha value is -2.11. The maximum atomic E-state index is 15.8. The molecule has 2 N–H and O–H groups in total. The summed E-state index contributed by atoms with van der Waals surface area (Å²) in [7, 11) is 0. The van der Waals surface area contributed by atoms with E-state index in [1.807, 2.05) is 0 Å². The van der Waals surface area contributed by atoms with Gasteiger partial charge in [0.25, 0.3) is 5.56 Å². The minimum atomic E-state index is -4.25. The van der Waals surface area contributed by atoms with Crippen molar-refractivity contribution in [3.8, 4) is 0 Å². The predicted molar refractivity (Wildman–Crippen MR) is 144 cm³/mol. The predicted octanol–water partition coefficient (Wildman–Crippen LogP) is 2.31. The summed E-state index contributed by atoms with van der Waals surface area (Å²) in [6, 6.07) is 1.62. The number of rotatable bonds is 1. The number of ether oxygens (including phenoxy) is 1. The van der Waals surface area contributed by atoms with Gasteiger partial charge in [-0.25, -0.2) is 28.9 Å². The normalized spacial score (nSPS) is 32.1. The third kappa shape index (κ3) is 5.41. The quantitative estimate of drug-likeness (QED) is 0.206. The Morgan fingerprint density at radius 2 is 2.12 bits per heavy atom. The number of aryl methyl sites for hydroxylation is 1. The molecular formula is C20H22FN7O8P2S2. The van der Waals surface area contributed by atoms with Gasteiger partial charge in [0.2, 0.25) is 0 Å². The summed E-state index contributed by atoms with van der Waals surface area (Å²) in [4.78, 5) is 42.3.